The number of hydrogen-bond donors (Lipinski definition) is 3. The van der Waals surface area contributed by atoms with Gasteiger partial charge in [-0.25, -0.2) is 8.42 Å². The first kappa shape index (κ1) is 25.4. The normalized spacial score (nSPS) is 16.5. The Balaban J connectivity index is 1.65. The second-order valence-corrected chi connectivity index (χ2v) is 10.6. The Hall–Kier alpha value is -3.24. The summed E-state index contributed by atoms with van der Waals surface area (Å²) in [5.74, 6) is -1.48. The quantitative estimate of drug-likeness (QED) is 0.497. The molecular formula is C24H29N3O6S. The van der Waals surface area contributed by atoms with Crippen LogP contribution < -0.4 is 16.0 Å². The average Bonchev–Trinajstić information content (AvgIpc) is 3.32. The zero-order valence-electron chi connectivity index (χ0n) is 19.2. The van der Waals surface area contributed by atoms with Gasteiger partial charge in [-0.2, -0.15) is 0 Å². The third kappa shape index (κ3) is 7.67. The highest BCUT2D eigenvalue weighted by atomic mass is 32.2. The first-order valence-corrected chi connectivity index (χ1v) is 13.1. The van der Waals surface area contributed by atoms with Crippen LogP contribution in [0.5, 0.6) is 0 Å². The standard InChI is InChI=1S/C24H29N3O6S/c1-16-5-3-6-17(15-16)22(28)27-20(12-14-34(2,31)32)23(29)25-18-8-10-19(11-9-18)26-24(30)21-7-4-13-33-21/h3,5-6,8-11,15,20-21H,4,7,12-14H2,1-2H3,(H,25,29)(H,26,30)(H,27,28)/t20-,21-/m0/s1. The number of amides is 3. The number of hydrogen-bond acceptors (Lipinski definition) is 6. The van der Waals surface area contributed by atoms with Crippen LogP contribution in [-0.2, 0) is 24.2 Å². The lowest BCUT2D eigenvalue weighted by molar-refractivity contribution is -0.124. The molecule has 0 radical (unpaired) electrons. The number of carbonyl (C=O) groups excluding carboxylic acids is 3. The van der Waals surface area contributed by atoms with Crippen molar-refractivity contribution in [3.63, 3.8) is 0 Å². The van der Waals surface area contributed by atoms with E-state index in [1.165, 1.54) is 0 Å². The van der Waals surface area contributed by atoms with Crippen molar-refractivity contribution >= 4 is 38.9 Å². The van der Waals surface area contributed by atoms with E-state index < -0.39 is 33.8 Å². The molecule has 2 atom stereocenters. The van der Waals surface area contributed by atoms with Gasteiger partial charge in [0.25, 0.3) is 11.8 Å². The van der Waals surface area contributed by atoms with E-state index in [9.17, 15) is 22.8 Å². The maximum atomic E-state index is 12.9. The summed E-state index contributed by atoms with van der Waals surface area (Å²) in [6.07, 6.45) is 2.09. The van der Waals surface area contributed by atoms with E-state index in [-0.39, 0.29) is 18.1 Å². The van der Waals surface area contributed by atoms with Gasteiger partial charge in [-0.15, -0.1) is 0 Å². The van der Waals surface area contributed by atoms with Crippen molar-refractivity contribution in [2.24, 2.45) is 0 Å². The molecule has 0 unspecified atom stereocenters. The number of aryl methyl sites for hydroxylation is 1. The molecule has 2 aromatic carbocycles. The fourth-order valence-electron chi connectivity index (χ4n) is 3.50. The van der Waals surface area contributed by atoms with Crippen LogP contribution in [0.1, 0.15) is 35.2 Å². The van der Waals surface area contributed by atoms with Crippen LogP contribution in [0.4, 0.5) is 11.4 Å². The number of rotatable bonds is 9. The zero-order chi connectivity index (χ0) is 24.7. The van der Waals surface area contributed by atoms with E-state index in [1.807, 2.05) is 13.0 Å². The summed E-state index contributed by atoms with van der Waals surface area (Å²) in [5, 5.41) is 8.10. The smallest absolute Gasteiger partial charge is 0.253 e. The molecule has 2 aromatic rings. The molecule has 1 saturated heterocycles. The van der Waals surface area contributed by atoms with Crippen molar-refractivity contribution in [2.45, 2.75) is 38.3 Å². The second-order valence-electron chi connectivity index (χ2n) is 8.37. The molecule has 182 valence electrons. The van der Waals surface area contributed by atoms with Crippen LogP contribution in [0.15, 0.2) is 48.5 Å². The number of sulfone groups is 1. The average molecular weight is 488 g/mol. The van der Waals surface area contributed by atoms with E-state index >= 15 is 0 Å². The summed E-state index contributed by atoms with van der Waals surface area (Å²) in [6, 6.07) is 12.3. The van der Waals surface area contributed by atoms with Crippen LogP contribution in [0, 0.1) is 6.92 Å². The van der Waals surface area contributed by atoms with Gasteiger partial charge in [-0.3, -0.25) is 14.4 Å². The van der Waals surface area contributed by atoms with Crippen LogP contribution in [0.3, 0.4) is 0 Å². The van der Waals surface area contributed by atoms with Crippen molar-refractivity contribution in [3.8, 4) is 0 Å². The minimum absolute atomic E-state index is 0.0717. The molecule has 0 bridgehead atoms. The molecule has 9 nitrogen and oxygen atoms in total. The van der Waals surface area contributed by atoms with Gasteiger partial charge in [0, 0.05) is 29.8 Å². The predicted molar refractivity (Wildman–Crippen MR) is 129 cm³/mol. The molecule has 0 spiro atoms. The highest BCUT2D eigenvalue weighted by Crippen LogP contribution is 2.18. The monoisotopic (exact) mass is 487 g/mol. The molecular weight excluding hydrogens is 458 g/mol. The number of nitrogens with one attached hydrogen (secondary N) is 3. The summed E-state index contributed by atoms with van der Waals surface area (Å²) < 4.78 is 28.7. The van der Waals surface area contributed by atoms with Gasteiger partial charge < -0.3 is 20.7 Å². The maximum absolute atomic E-state index is 12.9. The van der Waals surface area contributed by atoms with Gasteiger partial charge in [0.15, 0.2) is 0 Å². The molecule has 10 heteroatoms. The lowest BCUT2D eigenvalue weighted by atomic mass is 10.1. The first-order valence-electron chi connectivity index (χ1n) is 11.0. The summed E-state index contributed by atoms with van der Waals surface area (Å²) in [7, 11) is -3.34. The molecule has 1 aliphatic rings. The third-order valence-corrected chi connectivity index (χ3v) is 6.30. The van der Waals surface area contributed by atoms with Gasteiger partial charge in [-0.1, -0.05) is 17.7 Å². The van der Waals surface area contributed by atoms with Crippen molar-refractivity contribution < 1.29 is 27.5 Å². The number of benzene rings is 2. The molecule has 1 fully saturated rings. The Morgan fingerprint density at radius 1 is 1.06 bits per heavy atom. The Labute approximate surface area is 199 Å². The third-order valence-electron chi connectivity index (χ3n) is 5.32. The molecule has 0 aromatic heterocycles. The van der Waals surface area contributed by atoms with E-state index in [4.69, 9.17) is 4.74 Å². The number of anilines is 2. The van der Waals surface area contributed by atoms with Crippen LogP contribution >= 0.6 is 0 Å². The summed E-state index contributed by atoms with van der Waals surface area (Å²) in [6.45, 7) is 2.42. The van der Waals surface area contributed by atoms with Crippen molar-refractivity contribution in [1.29, 1.82) is 0 Å². The molecule has 3 rings (SSSR count). The fraction of sp³-hybridized carbons (Fsp3) is 0.375. The van der Waals surface area contributed by atoms with Gasteiger partial charge in [0.2, 0.25) is 5.91 Å². The second kappa shape index (κ2) is 11.3. The van der Waals surface area contributed by atoms with Gasteiger partial charge in [-0.05, 0) is 62.6 Å². The topological polar surface area (TPSA) is 131 Å². The lowest BCUT2D eigenvalue weighted by Crippen LogP contribution is -2.44. The van der Waals surface area contributed by atoms with Gasteiger partial charge >= 0.3 is 0 Å². The van der Waals surface area contributed by atoms with Crippen LogP contribution in [0.2, 0.25) is 0 Å². The Morgan fingerprint density at radius 3 is 2.32 bits per heavy atom. The fourth-order valence-corrected chi connectivity index (χ4v) is 4.17. The lowest BCUT2D eigenvalue weighted by Gasteiger charge is -2.19. The Kier molecular flexibility index (Phi) is 8.41. The first-order chi connectivity index (χ1) is 16.1. The molecule has 1 heterocycles. The largest absolute Gasteiger partial charge is 0.368 e. The predicted octanol–water partition coefficient (Wildman–Crippen LogP) is 2.28. The van der Waals surface area contributed by atoms with Crippen LogP contribution in [-0.4, -0.2) is 56.9 Å². The van der Waals surface area contributed by atoms with Crippen molar-refractivity contribution in [1.82, 2.24) is 5.32 Å². The molecule has 0 saturated carbocycles. The molecule has 1 aliphatic heterocycles. The highest BCUT2D eigenvalue weighted by Gasteiger charge is 2.25. The molecule has 3 amide bonds. The van der Waals surface area contributed by atoms with E-state index in [1.54, 1.807) is 42.5 Å². The zero-order valence-corrected chi connectivity index (χ0v) is 20.0. The minimum atomic E-state index is -3.34. The number of carbonyl (C=O) groups is 3. The highest BCUT2D eigenvalue weighted by molar-refractivity contribution is 7.90. The van der Waals surface area contributed by atoms with Gasteiger partial charge in [0.1, 0.15) is 22.0 Å². The van der Waals surface area contributed by atoms with E-state index in [0.29, 0.717) is 30.0 Å². The Bertz CT molecular complexity index is 1140. The Morgan fingerprint density at radius 2 is 1.74 bits per heavy atom. The maximum Gasteiger partial charge on any atom is 0.253 e. The van der Waals surface area contributed by atoms with Crippen molar-refractivity contribution in [2.75, 3.05) is 29.2 Å². The van der Waals surface area contributed by atoms with E-state index in [2.05, 4.69) is 16.0 Å². The van der Waals surface area contributed by atoms with E-state index in [0.717, 1.165) is 18.2 Å². The minimum Gasteiger partial charge on any atom is -0.368 e. The summed E-state index contributed by atoms with van der Waals surface area (Å²) in [5.41, 5.74) is 2.26. The van der Waals surface area contributed by atoms with Crippen LogP contribution in [0.25, 0.3) is 0 Å². The SMILES string of the molecule is Cc1cccc(C(=O)N[C@@H](CCS(C)(=O)=O)C(=O)Nc2ccc(NC(=O)[C@@H]3CCCO3)cc2)c1. The molecule has 3 N–H and O–H groups in total. The summed E-state index contributed by atoms with van der Waals surface area (Å²) in [4.78, 5) is 37.7. The number of ether oxygens (including phenoxy) is 1. The summed E-state index contributed by atoms with van der Waals surface area (Å²) >= 11 is 0. The molecule has 0 aliphatic carbocycles. The van der Waals surface area contributed by atoms with Crippen molar-refractivity contribution in [3.05, 3.63) is 59.7 Å². The van der Waals surface area contributed by atoms with Gasteiger partial charge in [0.05, 0.1) is 5.75 Å². The molecule has 34 heavy (non-hydrogen) atoms.